The van der Waals surface area contributed by atoms with Gasteiger partial charge in [0.2, 0.25) is 0 Å². The third-order valence-corrected chi connectivity index (χ3v) is 7.94. The van der Waals surface area contributed by atoms with Gasteiger partial charge in [0.25, 0.3) is 11.8 Å². The summed E-state index contributed by atoms with van der Waals surface area (Å²) in [5.74, 6) is -0.208. The first-order chi connectivity index (χ1) is 14.7. The lowest BCUT2D eigenvalue weighted by molar-refractivity contribution is -0.141. The number of hydrazone groups is 1. The molecule has 4 atom stereocenters. The maximum absolute atomic E-state index is 13.2. The van der Waals surface area contributed by atoms with Crippen molar-refractivity contribution in [1.82, 2.24) is 5.01 Å². The van der Waals surface area contributed by atoms with Crippen LogP contribution in [0.5, 0.6) is 0 Å². The Labute approximate surface area is 173 Å². The molecule has 0 unspecified atom stereocenters. The molecule has 30 heavy (non-hydrogen) atoms. The molecule has 0 radical (unpaired) electrons. The Bertz CT molecular complexity index is 1250. The third-order valence-electron chi connectivity index (χ3n) is 7.94. The van der Waals surface area contributed by atoms with Crippen molar-refractivity contribution in [1.29, 1.82) is 0 Å². The van der Waals surface area contributed by atoms with Gasteiger partial charge in [0.1, 0.15) is 0 Å². The molecule has 0 N–H and O–H groups in total. The van der Waals surface area contributed by atoms with Crippen LogP contribution in [0.15, 0.2) is 71.9 Å². The smallest absolute Gasteiger partial charge is 0.254 e. The Morgan fingerprint density at radius 3 is 1.90 bits per heavy atom. The topological polar surface area (TPSA) is 49.7 Å². The van der Waals surface area contributed by atoms with Gasteiger partial charge in [-0.05, 0) is 57.7 Å². The minimum atomic E-state index is -0.212. The van der Waals surface area contributed by atoms with E-state index in [9.17, 15) is 9.59 Å². The van der Waals surface area contributed by atoms with E-state index in [4.69, 9.17) is 0 Å². The first-order valence-corrected chi connectivity index (χ1v) is 10.7. The van der Waals surface area contributed by atoms with Crippen LogP contribution in [-0.4, -0.2) is 23.0 Å². The van der Waals surface area contributed by atoms with Crippen molar-refractivity contribution >= 4 is 39.6 Å². The van der Waals surface area contributed by atoms with Gasteiger partial charge in [-0.15, -0.1) is 0 Å². The minimum Gasteiger partial charge on any atom is -0.272 e. The predicted octanol–water partition coefficient (Wildman–Crippen LogP) is 4.52. The molecule has 4 aliphatic rings. The van der Waals surface area contributed by atoms with Gasteiger partial charge in [-0.25, -0.2) is 0 Å². The van der Waals surface area contributed by atoms with Crippen LogP contribution in [0.3, 0.4) is 0 Å². The van der Waals surface area contributed by atoms with Crippen molar-refractivity contribution in [2.75, 3.05) is 0 Å². The van der Waals surface area contributed by atoms with Gasteiger partial charge in [0.15, 0.2) is 0 Å². The van der Waals surface area contributed by atoms with Gasteiger partial charge < -0.3 is 0 Å². The molecule has 3 aromatic carbocycles. The third kappa shape index (κ3) is 1.89. The van der Waals surface area contributed by atoms with Gasteiger partial charge in [0, 0.05) is 5.56 Å². The molecule has 3 aromatic rings. The zero-order valence-corrected chi connectivity index (χ0v) is 16.4. The summed E-state index contributed by atoms with van der Waals surface area (Å²) in [6.07, 6.45) is 8.39. The number of benzene rings is 3. The Kier molecular flexibility index (Phi) is 3.00. The fourth-order valence-electron chi connectivity index (χ4n) is 6.48. The van der Waals surface area contributed by atoms with Crippen LogP contribution in [0.2, 0.25) is 0 Å². The summed E-state index contributed by atoms with van der Waals surface area (Å²) >= 11 is 0. The van der Waals surface area contributed by atoms with Crippen molar-refractivity contribution in [2.45, 2.75) is 12.8 Å². The lowest BCUT2D eigenvalue weighted by atomic mass is 9.85. The van der Waals surface area contributed by atoms with Crippen molar-refractivity contribution in [3.63, 3.8) is 0 Å². The van der Waals surface area contributed by atoms with Crippen LogP contribution < -0.4 is 0 Å². The van der Waals surface area contributed by atoms with Gasteiger partial charge >= 0.3 is 0 Å². The fourth-order valence-corrected chi connectivity index (χ4v) is 6.48. The van der Waals surface area contributed by atoms with Crippen molar-refractivity contribution in [2.24, 2.45) is 34.2 Å². The molecule has 2 amide bonds. The second-order valence-corrected chi connectivity index (χ2v) is 9.19. The van der Waals surface area contributed by atoms with E-state index in [0.29, 0.717) is 0 Å². The van der Waals surface area contributed by atoms with E-state index in [2.05, 4.69) is 47.6 Å². The molecule has 1 heterocycles. The number of fused-ring (bicyclic) bond motifs is 5. The Morgan fingerprint density at radius 1 is 0.833 bits per heavy atom. The van der Waals surface area contributed by atoms with Crippen molar-refractivity contribution in [3.05, 3.63) is 72.3 Å². The number of imide groups is 1. The summed E-state index contributed by atoms with van der Waals surface area (Å²) in [5.41, 5.74) is 1.16. The summed E-state index contributed by atoms with van der Waals surface area (Å²) in [5, 5.41) is 10.0. The van der Waals surface area contributed by atoms with E-state index in [1.165, 1.54) is 0 Å². The standard InChI is InChI=1S/C26H20N2O2/c29-24-22-20-9-10-21(26(20)11-12-26)23(22)25(30)28(24)27-14-19-17-7-3-1-5-15(17)13-16-6-2-4-8-18(16)19/h1-10,13-14,20-23H,11-12H2/t20-,21+,22+,23-. The average molecular weight is 392 g/mol. The van der Waals surface area contributed by atoms with Gasteiger partial charge in [0.05, 0.1) is 18.1 Å². The molecular formula is C26H20N2O2. The number of carbonyl (C=O) groups excluding carboxylic acids is 2. The molecule has 146 valence electrons. The maximum Gasteiger partial charge on any atom is 0.254 e. The van der Waals surface area contributed by atoms with Gasteiger partial charge in [-0.2, -0.15) is 10.1 Å². The first kappa shape index (κ1) is 16.5. The summed E-state index contributed by atoms with van der Waals surface area (Å²) in [6, 6.07) is 18.5. The van der Waals surface area contributed by atoms with Gasteiger partial charge in [-0.1, -0.05) is 60.7 Å². The van der Waals surface area contributed by atoms with E-state index in [1.807, 2.05) is 24.3 Å². The highest BCUT2D eigenvalue weighted by molar-refractivity contribution is 6.14. The van der Waals surface area contributed by atoms with E-state index in [1.54, 1.807) is 6.21 Å². The predicted molar refractivity (Wildman–Crippen MR) is 116 cm³/mol. The van der Waals surface area contributed by atoms with Crippen molar-refractivity contribution < 1.29 is 9.59 Å². The largest absolute Gasteiger partial charge is 0.272 e. The maximum atomic E-state index is 13.2. The Hall–Kier alpha value is -3.27. The van der Waals surface area contributed by atoms with Crippen LogP contribution in [-0.2, 0) is 9.59 Å². The number of amides is 2. The average Bonchev–Trinajstić information content (AvgIpc) is 3.37. The molecule has 0 aromatic heterocycles. The molecule has 2 saturated carbocycles. The van der Waals surface area contributed by atoms with Crippen LogP contribution in [0.25, 0.3) is 21.5 Å². The number of hydrogen-bond acceptors (Lipinski definition) is 3. The molecule has 4 nitrogen and oxygen atoms in total. The Balaban J connectivity index is 1.32. The molecule has 4 heteroatoms. The number of hydrogen-bond donors (Lipinski definition) is 0. The second kappa shape index (κ2) is 5.45. The molecule has 7 rings (SSSR count). The quantitative estimate of drug-likeness (QED) is 0.279. The molecular weight excluding hydrogens is 372 g/mol. The second-order valence-electron chi connectivity index (χ2n) is 9.19. The molecule has 1 saturated heterocycles. The van der Waals surface area contributed by atoms with Crippen LogP contribution in [0.4, 0.5) is 0 Å². The highest BCUT2D eigenvalue weighted by Gasteiger charge is 2.73. The van der Waals surface area contributed by atoms with Crippen LogP contribution >= 0.6 is 0 Å². The summed E-state index contributed by atoms with van der Waals surface area (Å²) < 4.78 is 0. The van der Waals surface area contributed by atoms with E-state index >= 15 is 0 Å². The fraction of sp³-hybridized carbons (Fsp3) is 0.269. The van der Waals surface area contributed by atoms with Crippen LogP contribution in [0.1, 0.15) is 18.4 Å². The number of carbonyl (C=O) groups is 2. The molecule has 3 aliphatic carbocycles. The summed E-state index contributed by atoms with van der Waals surface area (Å²) in [7, 11) is 0. The van der Waals surface area contributed by atoms with E-state index in [0.717, 1.165) is 45.0 Å². The molecule has 1 aliphatic heterocycles. The SMILES string of the molecule is O=C1[C@@H]2[C@H](C(=O)N1N=Cc1c3ccccc3cc3ccccc13)[C@@H]1C=C[C@H]2C12CC2. The first-order valence-electron chi connectivity index (χ1n) is 10.7. The lowest BCUT2D eigenvalue weighted by Gasteiger charge is -2.18. The highest BCUT2D eigenvalue weighted by Crippen LogP contribution is 2.73. The lowest BCUT2D eigenvalue weighted by Crippen LogP contribution is -2.30. The van der Waals surface area contributed by atoms with Crippen molar-refractivity contribution in [3.8, 4) is 0 Å². The molecule has 3 fully saturated rings. The number of nitrogens with zero attached hydrogens (tertiary/aromatic N) is 2. The summed E-state index contributed by atoms with van der Waals surface area (Å²) in [6.45, 7) is 0. The monoisotopic (exact) mass is 392 g/mol. The van der Waals surface area contributed by atoms with Crippen LogP contribution in [0, 0.1) is 29.1 Å². The van der Waals surface area contributed by atoms with E-state index in [-0.39, 0.29) is 40.9 Å². The zero-order valence-electron chi connectivity index (χ0n) is 16.4. The number of allylic oxidation sites excluding steroid dienone is 2. The highest BCUT2D eigenvalue weighted by atomic mass is 16.2. The minimum absolute atomic E-state index is 0.117. The van der Waals surface area contributed by atoms with E-state index < -0.39 is 0 Å². The number of rotatable bonds is 2. The normalized spacial score (nSPS) is 30.5. The summed E-state index contributed by atoms with van der Waals surface area (Å²) in [4.78, 5) is 26.4. The molecule has 2 bridgehead atoms. The molecule has 1 spiro atoms. The Morgan fingerprint density at radius 2 is 1.37 bits per heavy atom. The van der Waals surface area contributed by atoms with Gasteiger partial charge in [-0.3, -0.25) is 9.59 Å². The zero-order chi connectivity index (χ0) is 20.0.